The maximum atomic E-state index is 9.41. The molecule has 3 atom stereocenters. The Bertz CT molecular complexity index is 202. The van der Waals surface area contributed by atoms with E-state index in [0.717, 1.165) is 0 Å². The second kappa shape index (κ2) is 23.7. The molecule has 0 aliphatic heterocycles. The van der Waals surface area contributed by atoms with E-state index in [1.165, 1.54) is 0 Å². The van der Waals surface area contributed by atoms with Crippen molar-refractivity contribution in [1.82, 2.24) is 0 Å². The van der Waals surface area contributed by atoms with Gasteiger partial charge in [-0.2, -0.15) is 0 Å². The van der Waals surface area contributed by atoms with Crippen molar-refractivity contribution in [2.75, 3.05) is 19.8 Å². The fourth-order valence-corrected chi connectivity index (χ4v) is 0.949. The highest BCUT2D eigenvalue weighted by molar-refractivity contribution is 7.30. The summed E-state index contributed by atoms with van der Waals surface area (Å²) in [6.45, 7) is 5.55. The SMILES string of the molecule is CCO[P+](=O)[O-].CCO[P+](=O)[O-].CCO[P+](=O)[O-].[Al]. The first kappa shape index (κ1) is 27.9. The van der Waals surface area contributed by atoms with Crippen LogP contribution in [0, 0.1) is 0 Å². The van der Waals surface area contributed by atoms with Crippen molar-refractivity contribution in [3.8, 4) is 0 Å². The van der Waals surface area contributed by atoms with E-state index in [0.29, 0.717) is 0 Å². The van der Waals surface area contributed by atoms with Gasteiger partial charge in [0.2, 0.25) is 0 Å². The molecule has 9 nitrogen and oxygen atoms in total. The van der Waals surface area contributed by atoms with Crippen LogP contribution in [0.2, 0.25) is 0 Å². The lowest BCUT2D eigenvalue weighted by molar-refractivity contribution is -0.186. The molecular weight excluding hydrogens is 336 g/mol. The minimum atomic E-state index is -2.60. The lowest BCUT2D eigenvalue weighted by atomic mass is 10.9. The first-order valence-corrected chi connectivity index (χ1v) is 7.92. The molecule has 3 radical (unpaired) electrons. The van der Waals surface area contributed by atoms with Gasteiger partial charge in [-0.3, -0.25) is 0 Å². The zero-order valence-corrected chi connectivity index (χ0v) is 14.6. The summed E-state index contributed by atoms with van der Waals surface area (Å²) in [5.41, 5.74) is 0. The molecule has 0 aliphatic carbocycles. The number of hydrogen-bond acceptors (Lipinski definition) is 9. The molecule has 111 valence electrons. The highest BCUT2D eigenvalue weighted by Crippen LogP contribution is 2.06. The van der Waals surface area contributed by atoms with Gasteiger partial charge in [0, 0.05) is 17.4 Å². The third-order valence-electron chi connectivity index (χ3n) is 0.704. The van der Waals surface area contributed by atoms with Crippen LogP contribution in [0.15, 0.2) is 0 Å². The van der Waals surface area contributed by atoms with Crippen LogP contribution in [0.3, 0.4) is 0 Å². The maximum absolute atomic E-state index is 9.41. The lowest BCUT2D eigenvalue weighted by Gasteiger charge is -1.78. The number of rotatable bonds is 6. The quantitative estimate of drug-likeness (QED) is 0.466. The molecule has 0 saturated heterocycles. The fraction of sp³-hybridized carbons (Fsp3) is 1.00. The minimum Gasteiger partial charge on any atom is -0.566 e. The molecule has 0 saturated carbocycles. The van der Waals surface area contributed by atoms with Gasteiger partial charge in [0.1, 0.15) is 0 Å². The van der Waals surface area contributed by atoms with Crippen LogP contribution in [0.1, 0.15) is 20.8 Å². The van der Waals surface area contributed by atoms with E-state index in [9.17, 15) is 28.4 Å². The summed E-state index contributed by atoms with van der Waals surface area (Å²) in [4.78, 5) is 28.2. The number of hydrogen-bond donors (Lipinski definition) is 0. The highest BCUT2D eigenvalue weighted by Gasteiger charge is 1.93. The summed E-state index contributed by atoms with van der Waals surface area (Å²) in [7, 11) is -7.80. The minimum absolute atomic E-state index is 0. The van der Waals surface area contributed by atoms with Crippen molar-refractivity contribution < 1.29 is 41.9 Å². The van der Waals surface area contributed by atoms with Gasteiger partial charge < -0.3 is 14.7 Å². The molecule has 0 aromatic heterocycles. The van der Waals surface area contributed by atoms with Gasteiger partial charge in [-0.1, -0.05) is 0 Å². The largest absolute Gasteiger partial charge is 0.566 e. The van der Waals surface area contributed by atoms with Crippen LogP contribution in [0.5, 0.6) is 0 Å². The molecule has 0 aromatic carbocycles. The molecule has 0 fully saturated rings. The first-order valence-electron chi connectivity index (χ1n) is 4.63. The summed E-state index contributed by atoms with van der Waals surface area (Å²) in [6.07, 6.45) is 0. The van der Waals surface area contributed by atoms with E-state index in [-0.39, 0.29) is 37.2 Å². The van der Waals surface area contributed by atoms with Crippen molar-refractivity contribution in [1.29, 1.82) is 0 Å². The molecule has 0 aromatic rings. The Balaban J connectivity index is -0.0000000865. The van der Waals surface area contributed by atoms with E-state index < -0.39 is 24.8 Å². The first-order chi connectivity index (χ1) is 8.31. The van der Waals surface area contributed by atoms with Crippen LogP contribution in [0.25, 0.3) is 0 Å². The predicted octanol–water partition coefficient (Wildman–Crippen LogP) is -0.259. The molecule has 13 heteroatoms. The Morgan fingerprint density at radius 3 is 0.842 bits per heavy atom. The summed E-state index contributed by atoms with van der Waals surface area (Å²) in [5.74, 6) is 0. The standard InChI is InChI=1S/3C2H5O3P.Al/c3*1-2-5-6(3)4;/h3*2H2,1H3;. The topological polar surface area (TPSA) is 148 Å². The summed E-state index contributed by atoms with van der Waals surface area (Å²) in [5, 5.41) is 0. The molecule has 0 spiro atoms. The Kier molecular flexibility index (Phi) is 34.7. The van der Waals surface area contributed by atoms with Gasteiger partial charge in [-0.15, -0.1) is 13.6 Å². The smallest absolute Gasteiger partial charge is 0.488 e. The van der Waals surface area contributed by atoms with E-state index in [2.05, 4.69) is 13.6 Å². The van der Waals surface area contributed by atoms with Gasteiger partial charge in [0.25, 0.3) is 0 Å². The normalized spacial score (nSPS) is 10.7. The Morgan fingerprint density at radius 1 is 0.684 bits per heavy atom. The molecule has 3 unspecified atom stereocenters. The predicted molar refractivity (Wildman–Crippen MR) is 63.5 cm³/mol. The molecule has 0 amide bonds. The Morgan fingerprint density at radius 2 is 0.842 bits per heavy atom. The molecule has 0 N–H and O–H groups in total. The van der Waals surface area contributed by atoms with Crippen molar-refractivity contribution in [2.45, 2.75) is 20.8 Å². The molecule has 0 bridgehead atoms. The van der Waals surface area contributed by atoms with Crippen LogP contribution in [0.4, 0.5) is 0 Å². The molecule has 19 heavy (non-hydrogen) atoms. The van der Waals surface area contributed by atoms with Gasteiger partial charge in [0.15, 0.2) is 0 Å². The van der Waals surface area contributed by atoms with Gasteiger partial charge in [-0.05, 0) is 34.5 Å². The Labute approximate surface area is 125 Å². The maximum Gasteiger partial charge on any atom is 0.488 e. The Hall–Kier alpha value is 0.592. The van der Waals surface area contributed by atoms with E-state index in [1.807, 2.05) is 0 Å². The highest BCUT2D eigenvalue weighted by atomic mass is 31.1. The molecule has 0 aliphatic rings. The second-order valence-corrected chi connectivity index (χ2v) is 4.04. The average molecular weight is 351 g/mol. The summed E-state index contributed by atoms with van der Waals surface area (Å²) in [6, 6.07) is 0. The molecule has 0 rings (SSSR count). The van der Waals surface area contributed by atoms with Crippen molar-refractivity contribution in [3.05, 3.63) is 0 Å². The summed E-state index contributed by atoms with van der Waals surface area (Å²) >= 11 is 0. The van der Waals surface area contributed by atoms with E-state index in [4.69, 9.17) is 0 Å². The molecule has 0 heterocycles. The fourth-order valence-electron chi connectivity index (χ4n) is 0.316. The average Bonchev–Trinajstić information content (AvgIpc) is 2.18. The lowest BCUT2D eigenvalue weighted by Crippen LogP contribution is -1.88. The van der Waals surface area contributed by atoms with E-state index >= 15 is 0 Å². The van der Waals surface area contributed by atoms with Gasteiger partial charge >= 0.3 is 24.8 Å². The van der Waals surface area contributed by atoms with Crippen LogP contribution in [-0.4, -0.2) is 37.2 Å². The van der Waals surface area contributed by atoms with Crippen molar-refractivity contribution in [2.24, 2.45) is 0 Å². The van der Waals surface area contributed by atoms with Crippen molar-refractivity contribution >= 4 is 42.1 Å². The zero-order chi connectivity index (χ0) is 15.0. The second-order valence-electron chi connectivity index (χ2n) is 1.92. The van der Waals surface area contributed by atoms with Crippen LogP contribution < -0.4 is 14.7 Å². The van der Waals surface area contributed by atoms with Gasteiger partial charge in [0.05, 0.1) is 19.8 Å². The third-order valence-corrected chi connectivity index (χ3v) is 2.11. The summed E-state index contributed by atoms with van der Waals surface area (Å²) < 4.78 is 40.2. The zero-order valence-electron chi connectivity index (χ0n) is 10.7. The van der Waals surface area contributed by atoms with Gasteiger partial charge in [-0.25, -0.2) is 0 Å². The van der Waals surface area contributed by atoms with Crippen LogP contribution >= 0.6 is 24.8 Å². The third kappa shape index (κ3) is 55.6. The van der Waals surface area contributed by atoms with Crippen LogP contribution in [-0.2, 0) is 27.3 Å². The monoisotopic (exact) mass is 351 g/mol. The van der Waals surface area contributed by atoms with E-state index in [1.54, 1.807) is 20.8 Å². The van der Waals surface area contributed by atoms with Crippen molar-refractivity contribution in [3.63, 3.8) is 0 Å². The molecular formula is C6H15AlO9P3.